The number of nitro groups is 1. The monoisotopic (exact) mass is 267 g/mol. The van der Waals surface area contributed by atoms with Gasteiger partial charge in [0.05, 0.1) is 10.8 Å². The summed E-state index contributed by atoms with van der Waals surface area (Å²) in [6, 6.07) is 2.90. The molecule has 1 aromatic rings. The number of carboxylic acid groups (broad SMARTS) is 1. The van der Waals surface area contributed by atoms with Gasteiger partial charge in [0.25, 0.3) is 0 Å². The molecular formula is C12H17N3O4. The Morgan fingerprint density at radius 1 is 1.53 bits per heavy atom. The average molecular weight is 267 g/mol. The fraction of sp³-hybridized carbons (Fsp3) is 0.500. The number of hydrogen-bond donors (Lipinski definition) is 2. The Bertz CT molecular complexity index is 488. The van der Waals surface area contributed by atoms with Crippen molar-refractivity contribution in [3.05, 3.63) is 27.9 Å². The third kappa shape index (κ3) is 3.90. The van der Waals surface area contributed by atoms with E-state index in [1.165, 1.54) is 6.07 Å². The summed E-state index contributed by atoms with van der Waals surface area (Å²) in [6.07, 6.45) is 0. The first kappa shape index (κ1) is 14.9. The Morgan fingerprint density at radius 2 is 2.16 bits per heavy atom. The van der Waals surface area contributed by atoms with Gasteiger partial charge in [-0.3, -0.25) is 14.9 Å². The summed E-state index contributed by atoms with van der Waals surface area (Å²) in [5, 5.41) is 22.7. The normalized spacial score (nSPS) is 12.2. The number of rotatable bonds is 6. The molecule has 1 aromatic heterocycles. The molecule has 19 heavy (non-hydrogen) atoms. The standard InChI is InChI=1S/C12H17N3O4/c1-7(2)9(12(16)17)6-13-11-10(15(18)19)5-4-8(3)14-11/h4-5,7,9H,6H2,1-3H3,(H,13,14)(H,16,17). The lowest BCUT2D eigenvalue weighted by molar-refractivity contribution is -0.384. The van der Waals surface area contributed by atoms with E-state index in [0.29, 0.717) is 5.69 Å². The highest BCUT2D eigenvalue weighted by molar-refractivity contribution is 5.71. The molecule has 0 spiro atoms. The Hall–Kier alpha value is -2.18. The van der Waals surface area contributed by atoms with Crippen molar-refractivity contribution in [3.63, 3.8) is 0 Å². The lowest BCUT2D eigenvalue weighted by atomic mass is 9.96. The molecule has 0 aliphatic heterocycles. The highest BCUT2D eigenvalue weighted by atomic mass is 16.6. The summed E-state index contributed by atoms with van der Waals surface area (Å²) in [5.74, 6) is -1.52. The van der Waals surface area contributed by atoms with Crippen LogP contribution < -0.4 is 5.32 Å². The van der Waals surface area contributed by atoms with Crippen molar-refractivity contribution in [3.8, 4) is 0 Å². The van der Waals surface area contributed by atoms with E-state index >= 15 is 0 Å². The van der Waals surface area contributed by atoms with Gasteiger partial charge in [0, 0.05) is 18.3 Å². The number of hydrogen-bond acceptors (Lipinski definition) is 5. The van der Waals surface area contributed by atoms with Gasteiger partial charge in [0.1, 0.15) is 0 Å². The molecule has 1 rings (SSSR count). The fourth-order valence-corrected chi connectivity index (χ4v) is 1.64. The Labute approximate surface area is 110 Å². The van der Waals surface area contributed by atoms with Crippen molar-refractivity contribution in [2.24, 2.45) is 11.8 Å². The van der Waals surface area contributed by atoms with Crippen molar-refractivity contribution in [2.45, 2.75) is 20.8 Å². The number of aromatic nitrogens is 1. The van der Waals surface area contributed by atoms with Crippen LogP contribution in [0.25, 0.3) is 0 Å². The van der Waals surface area contributed by atoms with Crippen LogP contribution in [0, 0.1) is 28.9 Å². The van der Waals surface area contributed by atoms with Crippen molar-refractivity contribution >= 4 is 17.5 Å². The van der Waals surface area contributed by atoms with Crippen LogP contribution in [-0.2, 0) is 4.79 Å². The van der Waals surface area contributed by atoms with Gasteiger partial charge in [0.2, 0.25) is 5.82 Å². The Balaban J connectivity index is 2.90. The molecule has 1 atom stereocenters. The van der Waals surface area contributed by atoms with Gasteiger partial charge in [-0.15, -0.1) is 0 Å². The van der Waals surface area contributed by atoms with E-state index < -0.39 is 16.8 Å². The molecule has 0 aliphatic rings. The largest absolute Gasteiger partial charge is 0.481 e. The zero-order valence-electron chi connectivity index (χ0n) is 11.1. The van der Waals surface area contributed by atoms with Crippen molar-refractivity contribution in [1.29, 1.82) is 0 Å². The second-order valence-electron chi connectivity index (χ2n) is 4.65. The predicted molar refractivity (Wildman–Crippen MR) is 70.1 cm³/mol. The van der Waals surface area contributed by atoms with E-state index in [9.17, 15) is 14.9 Å². The molecule has 0 bridgehead atoms. The molecule has 1 heterocycles. The van der Waals surface area contributed by atoms with Crippen molar-refractivity contribution < 1.29 is 14.8 Å². The average Bonchev–Trinajstić information content (AvgIpc) is 2.27. The molecule has 7 nitrogen and oxygen atoms in total. The summed E-state index contributed by atoms with van der Waals surface area (Å²) in [7, 11) is 0. The first-order chi connectivity index (χ1) is 8.82. The maximum absolute atomic E-state index is 11.1. The minimum atomic E-state index is -0.933. The minimum Gasteiger partial charge on any atom is -0.481 e. The highest BCUT2D eigenvalue weighted by Gasteiger charge is 2.23. The SMILES string of the molecule is Cc1ccc([N+](=O)[O-])c(NCC(C(=O)O)C(C)C)n1. The van der Waals surface area contributed by atoms with Gasteiger partial charge < -0.3 is 10.4 Å². The van der Waals surface area contributed by atoms with Crippen LogP contribution in [0.2, 0.25) is 0 Å². The second kappa shape index (κ2) is 6.12. The third-order valence-corrected chi connectivity index (χ3v) is 2.82. The van der Waals surface area contributed by atoms with Crippen molar-refractivity contribution in [2.75, 3.05) is 11.9 Å². The van der Waals surface area contributed by atoms with Gasteiger partial charge in [-0.2, -0.15) is 0 Å². The Kier molecular flexibility index (Phi) is 4.80. The van der Waals surface area contributed by atoms with Crippen LogP contribution in [0.4, 0.5) is 11.5 Å². The number of pyridine rings is 1. The number of aliphatic carboxylic acids is 1. The van der Waals surface area contributed by atoms with Crippen LogP contribution in [0.3, 0.4) is 0 Å². The molecule has 1 unspecified atom stereocenters. The number of nitrogens with zero attached hydrogens (tertiary/aromatic N) is 2. The van der Waals surface area contributed by atoms with E-state index in [-0.39, 0.29) is 24.0 Å². The predicted octanol–water partition coefficient (Wildman–Crippen LogP) is 2.07. The molecule has 7 heteroatoms. The topological polar surface area (TPSA) is 105 Å². The molecule has 0 aliphatic carbocycles. The Morgan fingerprint density at radius 3 is 2.63 bits per heavy atom. The summed E-state index contributed by atoms with van der Waals surface area (Å²) in [6.45, 7) is 5.40. The molecule has 0 saturated carbocycles. The molecule has 0 radical (unpaired) electrons. The molecule has 0 saturated heterocycles. The first-order valence-electron chi connectivity index (χ1n) is 5.91. The van der Waals surface area contributed by atoms with Gasteiger partial charge in [-0.1, -0.05) is 13.8 Å². The van der Waals surface area contributed by atoms with Crippen LogP contribution in [0.5, 0.6) is 0 Å². The zero-order valence-corrected chi connectivity index (χ0v) is 11.1. The highest BCUT2D eigenvalue weighted by Crippen LogP contribution is 2.23. The number of nitrogens with one attached hydrogen (secondary N) is 1. The van der Waals surface area contributed by atoms with Gasteiger partial charge in [-0.25, -0.2) is 4.98 Å². The van der Waals surface area contributed by atoms with Crippen molar-refractivity contribution in [1.82, 2.24) is 4.98 Å². The van der Waals surface area contributed by atoms with E-state index in [1.807, 2.05) is 0 Å². The van der Waals surface area contributed by atoms with E-state index in [1.54, 1.807) is 26.8 Å². The lowest BCUT2D eigenvalue weighted by Crippen LogP contribution is -2.28. The van der Waals surface area contributed by atoms with E-state index in [0.717, 1.165) is 0 Å². The van der Waals surface area contributed by atoms with Gasteiger partial charge in [0.15, 0.2) is 0 Å². The second-order valence-corrected chi connectivity index (χ2v) is 4.65. The van der Waals surface area contributed by atoms with Crippen LogP contribution in [0.15, 0.2) is 12.1 Å². The number of anilines is 1. The number of carboxylic acids is 1. The molecule has 0 amide bonds. The maximum Gasteiger partial charge on any atom is 0.311 e. The summed E-state index contributed by atoms with van der Waals surface area (Å²) < 4.78 is 0. The molecule has 104 valence electrons. The number of aryl methyl sites for hydroxylation is 1. The smallest absolute Gasteiger partial charge is 0.311 e. The lowest BCUT2D eigenvalue weighted by Gasteiger charge is -2.17. The van der Waals surface area contributed by atoms with Gasteiger partial charge >= 0.3 is 11.7 Å². The van der Waals surface area contributed by atoms with E-state index in [4.69, 9.17) is 5.11 Å². The fourth-order valence-electron chi connectivity index (χ4n) is 1.64. The summed E-state index contributed by atoms with van der Waals surface area (Å²) in [5.41, 5.74) is 0.475. The molecule has 0 aromatic carbocycles. The third-order valence-electron chi connectivity index (χ3n) is 2.82. The molecule has 0 fully saturated rings. The van der Waals surface area contributed by atoms with Crippen LogP contribution >= 0.6 is 0 Å². The quantitative estimate of drug-likeness (QED) is 0.603. The van der Waals surface area contributed by atoms with Crippen LogP contribution in [0.1, 0.15) is 19.5 Å². The van der Waals surface area contributed by atoms with Crippen LogP contribution in [-0.4, -0.2) is 27.5 Å². The zero-order chi connectivity index (χ0) is 14.6. The minimum absolute atomic E-state index is 0.0751. The summed E-state index contributed by atoms with van der Waals surface area (Å²) in [4.78, 5) is 25.4. The molecule has 2 N–H and O–H groups in total. The van der Waals surface area contributed by atoms with Gasteiger partial charge in [-0.05, 0) is 18.9 Å². The maximum atomic E-state index is 11.1. The summed E-state index contributed by atoms with van der Waals surface area (Å²) >= 11 is 0. The van der Waals surface area contributed by atoms with E-state index in [2.05, 4.69) is 10.3 Å². The molecular weight excluding hydrogens is 250 g/mol. The number of carbonyl (C=O) groups is 1. The first-order valence-corrected chi connectivity index (χ1v) is 5.91.